The van der Waals surface area contributed by atoms with Gasteiger partial charge in [-0.2, -0.15) is 0 Å². The van der Waals surface area contributed by atoms with Crippen molar-refractivity contribution in [3.05, 3.63) is 53.1 Å². The van der Waals surface area contributed by atoms with Crippen molar-refractivity contribution < 1.29 is 4.79 Å². The van der Waals surface area contributed by atoms with Gasteiger partial charge in [0.15, 0.2) is 5.13 Å². The minimum Gasteiger partial charge on any atom is -0.345 e. The summed E-state index contributed by atoms with van der Waals surface area (Å²) >= 11 is 3.37. The van der Waals surface area contributed by atoms with Gasteiger partial charge in [0.25, 0.3) is 0 Å². The van der Waals surface area contributed by atoms with Crippen molar-refractivity contribution in [1.29, 1.82) is 0 Å². The molecule has 1 amide bonds. The van der Waals surface area contributed by atoms with Crippen LogP contribution < -0.4 is 4.90 Å². The van der Waals surface area contributed by atoms with Crippen molar-refractivity contribution in [2.75, 3.05) is 36.8 Å². The van der Waals surface area contributed by atoms with Gasteiger partial charge in [0.1, 0.15) is 0 Å². The Morgan fingerprint density at radius 3 is 2.43 bits per heavy atom. The van der Waals surface area contributed by atoms with E-state index in [1.54, 1.807) is 23.1 Å². The van der Waals surface area contributed by atoms with Gasteiger partial charge in [-0.1, -0.05) is 29.0 Å². The van der Waals surface area contributed by atoms with Crippen LogP contribution in [0.15, 0.2) is 41.3 Å². The molecule has 0 radical (unpaired) electrons. The van der Waals surface area contributed by atoms with Crippen molar-refractivity contribution >= 4 is 44.4 Å². The molecule has 1 saturated heterocycles. The Bertz CT molecular complexity index is 950. The Morgan fingerprint density at radius 1 is 1.04 bits per heavy atom. The molecule has 0 N–H and O–H groups in total. The summed E-state index contributed by atoms with van der Waals surface area (Å²) in [5.41, 5.74) is 4.91. The van der Waals surface area contributed by atoms with Gasteiger partial charge >= 0.3 is 0 Å². The van der Waals surface area contributed by atoms with Gasteiger partial charge < -0.3 is 9.80 Å². The predicted octanol–water partition coefficient (Wildman–Crippen LogP) is 4.66. The number of fused-ring (bicyclic) bond motifs is 1. The van der Waals surface area contributed by atoms with Crippen LogP contribution in [0.5, 0.6) is 0 Å². The fourth-order valence-electron chi connectivity index (χ4n) is 3.32. The lowest BCUT2D eigenvalue weighted by molar-refractivity contribution is -0.128. The number of thiazole rings is 1. The summed E-state index contributed by atoms with van der Waals surface area (Å²) in [6.45, 7) is 9.58. The number of carbonyl (C=O) groups excluding carboxylic acids is 1. The third-order valence-corrected chi connectivity index (χ3v) is 7.35. The van der Waals surface area contributed by atoms with Crippen LogP contribution in [0.2, 0.25) is 0 Å². The predicted molar refractivity (Wildman–Crippen MR) is 120 cm³/mol. The van der Waals surface area contributed by atoms with Gasteiger partial charge in [0.2, 0.25) is 5.91 Å². The Kier molecular flexibility index (Phi) is 5.60. The maximum Gasteiger partial charge on any atom is 0.233 e. The lowest BCUT2D eigenvalue weighted by Crippen LogP contribution is -2.49. The monoisotopic (exact) mass is 411 g/mol. The molecule has 0 aliphatic carbocycles. The van der Waals surface area contributed by atoms with Crippen LogP contribution in [0, 0.1) is 20.8 Å². The number of piperazine rings is 1. The van der Waals surface area contributed by atoms with E-state index in [0.29, 0.717) is 5.75 Å². The third kappa shape index (κ3) is 4.18. The fourth-order valence-corrected chi connectivity index (χ4v) is 5.22. The van der Waals surface area contributed by atoms with Crippen molar-refractivity contribution in [2.24, 2.45) is 0 Å². The van der Waals surface area contributed by atoms with E-state index >= 15 is 0 Å². The summed E-state index contributed by atoms with van der Waals surface area (Å²) in [4.78, 5) is 22.8. The molecule has 1 aromatic heterocycles. The lowest BCUT2D eigenvalue weighted by atomic mass is 10.1. The summed E-state index contributed by atoms with van der Waals surface area (Å²) in [6.07, 6.45) is 0. The highest BCUT2D eigenvalue weighted by atomic mass is 32.2. The van der Waals surface area contributed by atoms with Crippen molar-refractivity contribution in [1.82, 2.24) is 9.88 Å². The van der Waals surface area contributed by atoms with Gasteiger partial charge in [-0.3, -0.25) is 4.79 Å². The fraction of sp³-hybridized carbons (Fsp3) is 0.364. The Morgan fingerprint density at radius 2 is 1.71 bits per heavy atom. The first-order valence-corrected chi connectivity index (χ1v) is 11.4. The number of anilines is 1. The first-order valence-electron chi connectivity index (χ1n) is 9.59. The summed E-state index contributed by atoms with van der Waals surface area (Å²) in [7, 11) is 0. The van der Waals surface area contributed by atoms with E-state index in [0.717, 1.165) is 41.7 Å². The molecule has 3 aromatic rings. The molecule has 4 nitrogen and oxygen atoms in total. The van der Waals surface area contributed by atoms with E-state index < -0.39 is 0 Å². The van der Waals surface area contributed by atoms with Crippen LogP contribution in [-0.4, -0.2) is 47.7 Å². The molecule has 6 heteroatoms. The van der Waals surface area contributed by atoms with E-state index in [4.69, 9.17) is 4.98 Å². The van der Waals surface area contributed by atoms with Crippen molar-refractivity contribution in [2.45, 2.75) is 25.7 Å². The van der Waals surface area contributed by atoms with Gasteiger partial charge in [-0.05, 0) is 56.2 Å². The number of hydrogen-bond acceptors (Lipinski definition) is 5. The first kappa shape index (κ1) is 19.3. The summed E-state index contributed by atoms with van der Waals surface area (Å²) in [5.74, 6) is 0.726. The quantitative estimate of drug-likeness (QED) is 0.585. The maximum atomic E-state index is 12.6. The second-order valence-electron chi connectivity index (χ2n) is 7.37. The van der Waals surface area contributed by atoms with Gasteiger partial charge in [0, 0.05) is 31.1 Å². The number of carbonyl (C=O) groups is 1. The molecule has 1 aliphatic heterocycles. The smallest absolute Gasteiger partial charge is 0.233 e. The van der Waals surface area contributed by atoms with Gasteiger partial charge in [0.05, 0.1) is 16.0 Å². The summed E-state index contributed by atoms with van der Waals surface area (Å²) in [6, 6.07) is 12.8. The number of benzene rings is 2. The molecule has 0 atom stereocenters. The molecule has 1 fully saturated rings. The largest absolute Gasteiger partial charge is 0.345 e. The number of rotatable bonds is 4. The average molecular weight is 412 g/mol. The van der Waals surface area contributed by atoms with E-state index in [9.17, 15) is 4.79 Å². The number of thioether (sulfide) groups is 1. The molecule has 4 rings (SSSR count). The average Bonchev–Trinajstić information content (AvgIpc) is 3.10. The zero-order chi connectivity index (χ0) is 19.7. The Hall–Kier alpha value is -2.05. The van der Waals surface area contributed by atoms with Crippen molar-refractivity contribution in [3.8, 4) is 0 Å². The van der Waals surface area contributed by atoms with Crippen LogP contribution in [0.25, 0.3) is 10.2 Å². The van der Waals surface area contributed by atoms with Gasteiger partial charge in [-0.25, -0.2) is 4.98 Å². The number of aryl methyl sites for hydroxylation is 3. The second-order valence-corrected chi connectivity index (χ2v) is 9.43. The minimum absolute atomic E-state index is 0.223. The molecule has 0 unspecified atom stereocenters. The third-order valence-electron chi connectivity index (χ3n) is 5.28. The highest BCUT2D eigenvalue weighted by molar-refractivity contribution is 8.00. The zero-order valence-electron chi connectivity index (χ0n) is 16.6. The lowest BCUT2D eigenvalue weighted by Gasteiger charge is -2.34. The molecule has 2 heterocycles. The topological polar surface area (TPSA) is 36.4 Å². The Labute approximate surface area is 174 Å². The SMILES string of the molecule is Cc1ccc(SCC(=O)N2CCN(c3nc4cc(C)c(C)cc4s3)CC2)cc1. The molecule has 0 bridgehead atoms. The molecule has 0 spiro atoms. The minimum atomic E-state index is 0.223. The van der Waals surface area contributed by atoms with E-state index in [-0.39, 0.29) is 5.91 Å². The molecule has 146 valence electrons. The normalized spacial score (nSPS) is 14.7. The maximum absolute atomic E-state index is 12.6. The van der Waals surface area contributed by atoms with E-state index in [2.05, 4.69) is 62.1 Å². The van der Waals surface area contributed by atoms with E-state index in [1.165, 1.54) is 21.4 Å². The van der Waals surface area contributed by atoms with Crippen LogP contribution in [-0.2, 0) is 4.79 Å². The van der Waals surface area contributed by atoms with Crippen LogP contribution in [0.4, 0.5) is 5.13 Å². The molecular weight excluding hydrogens is 386 g/mol. The molecular formula is C22H25N3OS2. The standard InChI is InChI=1S/C22H25N3OS2/c1-15-4-6-18(7-5-15)27-14-21(26)24-8-10-25(11-9-24)22-23-19-12-16(2)17(3)13-20(19)28-22/h4-7,12-13H,8-11,14H2,1-3H3. The van der Waals surface area contributed by atoms with Crippen LogP contribution >= 0.6 is 23.1 Å². The highest BCUT2D eigenvalue weighted by Crippen LogP contribution is 2.31. The van der Waals surface area contributed by atoms with E-state index in [1.807, 2.05) is 4.90 Å². The zero-order valence-corrected chi connectivity index (χ0v) is 18.2. The van der Waals surface area contributed by atoms with Crippen LogP contribution in [0.3, 0.4) is 0 Å². The summed E-state index contributed by atoms with van der Waals surface area (Å²) in [5, 5.41) is 1.07. The number of aromatic nitrogens is 1. The highest BCUT2D eigenvalue weighted by Gasteiger charge is 2.23. The molecule has 2 aromatic carbocycles. The molecule has 0 saturated carbocycles. The first-order chi connectivity index (χ1) is 13.5. The molecule has 28 heavy (non-hydrogen) atoms. The number of nitrogens with zero attached hydrogens (tertiary/aromatic N) is 3. The second kappa shape index (κ2) is 8.13. The Balaban J connectivity index is 1.33. The van der Waals surface area contributed by atoms with Crippen molar-refractivity contribution in [3.63, 3.8) is 0 Å². The molecule has 1 aliphatic rings. The van der Waals surface area contributed by atoms with Crippen LogP contribution in [0.1, 0.15) is 16.7 Å². The number of amides is 1. The summed E-state index contributed by atoms with van der Waals surface area (Å²) < 4.78 is 1.24. The van der Waals surface area contributed by atoms with Gasteiger partial charge in [-0.15, -0.1) is 11.8 Å². The number of hydrogen-bond donors (Lipinski definition) is 0.